The van der Waals surface area contributed by atoms with Crippen LogP contribution in [0.15, 0.2) is 5.16 Å². The predicted octanol–water partition coefficient (Wildman–Crippen LogP) is 4.78. The average Bonchev–Trinajstić information content (AvgIpc) is 2.90. The van der Waals surface area contributed by atoms with Gasteiger partial charge in [0.25, 0.3) is 0 Å². The molecule has 0 bridgehead atoms. The molecule has 4 rings (SSSR count). The van der Waals surface area contributed by atoms with Crippen LogP contribution in [-0.4, -0.2) is 23.5 Å². The summed E-state index contributed by atoms with van der Waals surface area (Å²) in [6, 6.07) is 0. The van der Waals surface area contributed by atoms with Gasteiger partial charge in [-0.05, 0) is 93.8 Å². The highest BCUT2D eigenvalue weighted by Gasteiger charge is 2.59. The van der Waals surface area contributed by atoms with Gasteiger partial charge < -0.3 is 9.94 Å². The van der Waals surface area contributed by atoms with Gasteiger partial charge in [0.05, 0.1) is 11.8 Å². The number of nitrogens with zero attached hydrogens (tertiary/aromatic N) is 1. The molecule has 0 aliphatic heterocycles. The van der Waals surface area contributed by atoms with Gasteiger partial charge in [-0.1, -0.05) is 19.0 Å². The molecule has 0 aromatic carbocycles. The van der Waals surface area contributed by atoms with Gasteiger partial charge in [-0.2, -0.15) is 0 Å². The highest BCUT2D eigenvalue weighted by Crippen LogP contribution is 2.65. The van der Waals surface area contributed by atoms with Crippen molar-refractivity contribution in [3.05, 3.63) is 0 Å². The number of hydrogen-bond donors (Lipinski definition) is 1. The molecule has 0 heterocycles. The molecule has 0 saturated heterocycles. The van der Waals surface area contributed by atoms with Crippen LogP contribution in [-0.2, 0) is 4.84 Å². The molecular formula is C21H35NO2. The van der Waals surface area contributed by atoms with Gasteiger partial charge >= 0.3 is 0 Å². The van der Waals surface area contributed by atoms with Crippen LogP contribution in [0.2, 0.25) is 0 Å². The van der Waals surface area contributed by atoms with E-state index in [1.54, 1.807) is 0 Å². The first kappa shape index (κ1) is 16.9. The van der Waals surface area contributed by atoms with Crippen molar-refractivity contribution in [3.63, 3.8) is 0 Å². The molecule has 136 valence electrons. The largest absolute Gasteiger partial charge is 0.396 e. The molecule has 0 spiro atoms. The SMILES string of the molecule is CCO/N=C1\CCC2C3CCC4CC(O)CCC4(C)C3CCC12C. The standard InChI is InChI=1S/C21H35NO2/c1-4-24-22-19-8-7-17-16-6-5-14-13-15(23)9-11-20(14,2)18(16)10-12-21(17,19)3/h14-18,23H,4-13H2,1-3H3/b22-19+. The Bertz CT molecular complexity index is 518. The van der Waals surface area contributed by atoms with E-state index in [-0.39, 0.29) is 11.5 Å². The van der Waals surface area contributed by atoms with Crippen molar-refractivity contribution in [2.45, 2.75) is 84.7 Å². The molecule has 7 unspecified atom stereocenters. The summed E-state index contributed by atoms with van der Waals surface area (Å²) in [6.07, 6.45) is 11.1. The fourth-order valence-electron chi connectivity index (χ4n) is 7.32. The van der Waals surface area contributed by atoms with Crippen LogP contribution in [0.25, 0.3) is 0 Å². The number of fused-ring (bicyclic) bond motifs is 5. The van der Waals surface area contributed by atoms with E-state index >= 15 is 0 Å². The maximum atomic E-state index is 10.1. The minimum Gasteiger partial charge on any atom is -0.396 e. The van der Waals surface area contributed by atoms with E-state index in [4.69, 9.17) is 4.84 Å². The number of oxime groups is 1. The monoisotopic (exact) mass is 333 g/mol. The van der Waals surface area contributed by atoms with Gasteiger partial charge in [-0.15, -0.1) is 0 Å². The molecule has 0 radical (unpaired) electrons. The van der Waals surface area contributed by atoms with Crippen LogP contribution >= 0.6 is 0 Å². The summed E-state index contributed by atoms with van der Waals surface area (Å²) in [4.78, 5) is 5.45. The van der Waals surface area contributed by atoms with E-state index in [0.29, 0.717) is 12.0 Å². The van der Waals surface area contributed by atoms with Crippen molar-refractivity contribution in [1.29, 1.82) is 0 Å². The highest BCUT2D eigenvalue weighted by molar-refractivity contribution is 5.92. The summed E-state index contributed by atoms with van der Waals surface area (Å²) >= 11 is 0. The molecule has 7 atom stereocenters. The first-order chi connectivity index (χ1) is 11.5. The Labute approximate surface area is 147 Å². The second-order valence-electron chi connectivity index (χ2n) is 9.54. The summed E-state index contributed by atoms with van der Waals surface area (Å²) in [5.74, 6) is 3.30. The van der Waals surface area contributed by atoms with Gasteiger partial charge in [0.15, 0.2) is 0 Å². The lowest BCUT2D eigenvalue weighted by atomic mass is 9.45. The summed E-state index contributed by atoms with van der Waals surface area (Å²) < 4.78 is 0. The quantitative estimate of drug-likeness (QED) is 0.739. The maximum Gasteiger partial charge on any atom is 0.114 e. The minimum atomic E-state index is -0.0371. The normalized spacial score (nSPS) is 52.5. The Hall–Kier alpha value is -0.570. The van der Waals surface area contributed by atoms with Gasteiger partial charge in [0.2, 0.25) is 0 Å². The summed E-state index contributed by atoms with van der Waals surface area (Å²) in [6.45, 7) is 7.73. The second-order valence-corrected chi connectivity index (χ2v) is 9.54. The lowest BCUT2D eigenvalue weighted by Gasteiger charge is -2.60. The van der Waals surface area contributed by atoms with E-state index < -0.39 is 0 Å². The molecule has 4 aliphatic carbocycles. The Balaban J connectivity index is 1.59. The van der Waals surface area contributed by atoms with E-state index in [0.717, 1.165) is 42.9 Å². The summed E-state index contributed by atoms with van der Waals surface area (Å²) in [5.41, 5.74) is 2.11. The topological polar surface area (TPSA) is 41.8 Å². The predicted molar refractivity (Wildman–Crippen MR) is 96.8 cm³/mol. The molecule has 3 heteroatoms. The van der Waals surface area contributed by atoms with E-state index in [9.17, 15) is 5.11 Å². The fraction of sp³-hybridized carbons (Fsp3) is 0.952. The molecule has 0 aromatic heterocycles. The van der Waals surface area contributed by atoms with Crippen LogP contribution < -0.4 is 0 Å². The first-order valence-corrected chi connectivity index (χ1v) is 10.4. The molecule has 0 amide bonds. The van der Waals surface area contributed by atoms with Gasteiger partial charge in [0.1, 0.15) is 6.61 Å². The van der Waals surface area contributed by atoms with Crippen molar-refractivity contribution in [2.75, 3.05) is 6.61 Å². The van der Waals surface area contributed by atoms with E-state index in [2.05, 4.69) is 19.0 Å². The molecule has 4 saturated carbocycles. The Morgan fingerprint density at radius 3 is 2.71 bits per heavy atom. The zero-order chi connectivity index (χ0) is 16.9. The second kappa shape index (κ2) is 6.00. The van der Waals surface area contributed by atoms with Crippen LogP contribution in [0.5, 0.6) is 0 Å². The molecule has 4 aliphatic rings. The zero-order valence-corrected chi connectivity index (χ0v) is 15.8. The molecule has 4 fully saturated rings. The molecule has 0 aromatic rings. The van der Waals surface area contributed by atoms with Gasteiger partial charge in [-0.3, -0.25) is 0 Å². The summed E-state index contributed by atoms with van der Waals surface area (Å²) in [5, 5.41) is 14.7. The fourth-order valence-corrected chi connectivity index (χ4v) is 7.32. The Kier molecular flexibility index (Phi) is 4.22. The van der Waals surface area contributed by atoms with Crippen LogP contribution in [0.3, 0.4) is 0 Å². The Morgan fingerprint density at radius 1 is 1.08 bits per heavy atom. The van der Waals surface area contributed by atoms with Gasteiger partial charge in [-0.25, -0.2) is 0 Å². The van der Waals surface area contributed by atoms with Crippen molar-refractivity contribution in [3.8, 4) is 0 Å². The molecule has 3 nitrogen and oxygen atoms in total. The van der Waals surface area contributed by atoms with Crippen LogP contribution in [0.1, 0.15) is 78.6 Å². The first-order valence-electron chi connectivity index (χ1n) is 10.4. The van der Waals surface area contributed by atoms with Crippen molar-refractivity contribution in [1.82, 2.24) is 0 Å². The molecular weight excluding hydrogens is 298 g/mol. The maximum absolute atomic E-state index is 10.1. The molecule has 1 N–H and O–H groups in total. The Morgan fingerprint density at radius 2 is 1.92 bits per heavy atom. The number of aliphatic hydroxyl groups is 1. The van der Waals surface area contributed by atoms with Crippen molar-refractivity contribution in [2.24, 2.45) is 39.7 Å². The third-order valence-corrected chi connectivity index (χ3v) is 8.68. The third-order valence-electron chi connectivity index (χ3n) is 8.68. The number of hydrogen-bond acceptors (Lipinski definition) is 3. The third kappa shape index (κ3) is 2.37. The van der Waals surface area contributed by atoms with Crippen molar-refractivity contribution < 1.29 is 9.94 Å². The average molecular weight is 334 g/mol. The van der Waals surface area contributed by atoms with Crippen LogP contribution in [0, 0.1) is 34.5 Å². The smallest absolute Gasteiger partial charge is 0.114 e. The summed E-state index contributed by atoms with van der Waals surface area (Å²) in [7, 11) is 0. The van der Waals surface area contributed by atoms with E-state index in [1.807, 2.05) is 6.92 Å². The highest BCUT2D eigenvalue weighted by atomic mass is 16.6. The van der Waals surface area contributed by atoms with E-state index in [1.165, 1.54) is 44.2 Å². The lowest BCUT2D eigenvalue weighted by Crippen LogP contribution is -2.54. The lowest BCUT2D eigenvalue weighted by molar-refractivity contribution is -0.114. The zero-order valence-electron chi connectivity index (χ0n) is 15.8. The molecule has 24 heavy (non-hydrogen) atoms. The minimum absolute atomic E-state index is 0.0371. The number of rotatable bonds is 2. The van der Waals surface area contributed by atoms with Gasteiger partial charge in [0, 0.05) is 5.41 Å². The van der Waals surface area contributed by atoms with Crippen molar-refractivity contribution >= 4 is 5.71 Å². The van der Waals surface area contributed by atoms with Crippen LogP contribution in [0.4, 0.5) is 0 Å². The number of aliphatic hydroxyl groups excluding tert-OH is 1.